The minimum absolute atomic E-state index is 0.317. The molecular weight excluding hydrogens is 450 g/mol. The number of carbonyl (C=O) groups is 2. The molecule has 2 aromatic heterocycles. The van der Waals surface area contributed by atoms with Crippen molar-refractivity contribution in [2.24, 2.45) is 0 Å². The monoisotopic (exact) mass is 469 g/mol. The molecule has 0 aliphatic rings. The molecule has 4 rings (SSSR count). The second-order valence-corrected chi connectivity index (χ2v) is 8.44. The lowest BCUT2D eigenvalue weighted by Crippen LogP contribution is -2.36. The maximum atomic E-state index is 12.1. The lowest BCUT2D eigenvalue weighted by Gasteiger charge is -2.06. The van der Waals surface area contributed by atoms with Crippen LogP contribution in [0.2, 0.25) is 5.02 Å². The second-order valence-electron chi connectivity index (χ2n) is 6.94. The van der Waals surface area contributed by atoms with Crippen LogP contribution in [0.4, 0.5) is 5.69 Å². The third-order valence-electron chi connectivity index (χ3n) is 4.79. The molecule has 0 aliphatic carbocycles. The van der Waals surface area contributed by atoms with E-state index in [0.717, 1.165) is 26.8 Å². The number of ether oxygens (including phenoxy) is 1. The molecule has 2 aromatic carbocycles. The van der Waals surface area contributed by atoms with Crippen LogP contribution in [0.5, 0.6) is 5.75 Å². The quantitative estimate of drug-likeness (QED) is 0.419. The van der Waals surface area contributed by atoms with Crippen LogP contribution in [-0.2, 0) is 16.0 Å². The first kappa shape index (κ1) is 21.8. The van der Waals surface area contributed by atoms with Gasteiger partial charge in [-0.05, 0) is 49.4 Å². The molecule has 2 heterocycles. The Labute approximate surface area is 193 Å². The van der Waals surface area contributed by atoms with Gasteiger partial charge in [0.15, 0.2) is 5.82 Å². The molecule has 0 fully saturated rings. The van der Waals surface area contributed by atoms with Gasteiger partial charge in [-0.2, -0.15) is 4.98 Å². The smallest absolute Gasteiger partial charge is 0.313 e. The summed E-state index contributed by atoms with van der Waals surface area (Å²) in [5.74, 6) is -0.0317. The predicted octanol–water partition coefficient (Wildman–Crippen LogP) is 3.73. The molecule has 0 atom stereocenters. The first-order valence-corrected chi connectivity index (χ1v) is 11.0. The van der Waals surface area contributed by atoms with Gasteiger partial charge in [-0.1, -0.05) is 29.0 Å². The number of nitrogens with one attached hydrogen (secondary N) is 2. The fraction of sp³-hybridized carbons (Fsp3) is 0.182. The SMILES string of the molecule is COc1ccc(-c2nc3sc(CCNC(=O)C(=O)Nc4cccc(Cl)c4)c(C)n3n2)cc1. The van der Waals surface area contributed by atoms with Crippen molar-refractivity contribution in [3.63, 3.8) is 0 Å². The summed E-state index contributed by atoms with van der Waals surface area (Å²) in [6, 6.07) is 14.2. The number of methoxy groups -OCH3 is 1. The number of aromatic nitrogens is 3. The van der Waals surface area contributed by atoms with Crippen LogP contribution in [0.3, 0.4) is 0 Å². The normalized spacial score (nSPS) is 10.8. The first-order valence-electron chi connectivity index (χ1n) is 9.79. The number of thiazole rings is 1. The van der Waals surface area contributed by atoms with E-state index in [9.17, 15) is 9.59 Å². The predicted molar refractivity (Wildman–Crippen MR) is 124 cm³/mol. The van der Waals surface area contributed by atoms with E-state index in [-0.39, 0.29) is 0 Å². The maximum absolute atomic E-state index is 12.1. The Kier molecular flexibility index (Phi) is 6.38. The van der Waals surface area contributed by atoms with E-state index in [1.54, 1.807) is 35.9 Å². The highest BCUT2D eigenvalue weighted by Gasteiger charge is 2.16. The summed E-state index contributed by atoms with van der Waals surface area (Å²) in [5.41, 5.74) is 2.32. The molecule has 0 bridgehead atoms. The van der Waals surface area contributed by atoms with Crippen molar-refractivity contribution in [3.8, 4) is 17.1 Å². The molecule has 10 heteroatoms. The van der Waals surface area contributed by atoms with Crippen molar-refractivity contribution >= 4 is 45.4 Å². The summed E-state index contributed by atoms with van der Waals surface area (Å²) in [7, 11) is 1.62. The number of anilines is 1. The maximum Gasteiger partial charge on any atom is 0.313 e. The lowest BCUT2D eigenvalue weighted by atomic mass is 10.2. The lowest BCUT2D eigenvalue weighted by molar-refractivity contribution is -0.136. The van der Waals surface area contributed by atoms with E-state index in [0.29, 0.717) is 29.5 Å². The van der Waals surface area contributed by atoms with Crippen LogP contribution < -0.4 is 15.4 Å². The highest BCUT2D eigenvalue weighted by atomic mass is 35.5. The number of hydrogen-bond donors (Lipinski definition) is 2. The summed E-state index contributed by atoms with van der Waals surface area (Å²) in [5, 5.41) is 10.2. The Hall–Kier alpha value is -3.43. The van der Waals surface area contributed by atoms with Crippen LogP contribution in [0.15, 0.2) is 48.5 Å². The van der Waals surface area contributed by atoms with Crippen LogP contribution in [-0.4, -0.2) is 40.1 Å². The minimum Gasteiger partial charge on any atom is -0.497 e. The van der Waals surface area contributed by atoms with Gasteiger partial charge in [0, 0.05) is 34.1 Å². The fourth-order valence-electron chi connectivity index (χ4n) is 3.10. The summed E-state index contributed by atoms with van der Waals surface area (Å²) >= 11 is 7.40. The molecule has 4 aromatic rings. The van der Waals surface area contributed by atoms with Gasteiger partial charge in [-0.15, -0.1) is 5.10 Å². The number of fused-ring (bicyclic) bond motifs is 1. The average Bonchev–Trinajstić information content (AvgIpc) is 3.33. The fourth-order valence-corrected chi connectivity index (χ4v) is 4.35. The highest BCUT2D eigenvalue weighted by molar-refractivity contribution is 7.17. The third kappa shape index (κ3) is 4.74. The molecule has 164 valence electrons. The van der Waals surface area contributed by atoms with E-state index in [1.807, 2.05) is 31.2 Å². The number of rotatable bonds is 6. The summed E-state index contributed by atoms with van der Waals surface area (Å²) in [6.45, 7) is 2.27. The van der Waals surface area contributed by atoms with E-state index >= 15 is 0 Å². The molecule has 8 nitrogen and oxygen atoms in total. The zero-order chi connectivity index (χ0) is 22.7. The Morgan fingerprint density at radius 3 is 2.62 bits per heavy atom. The van der Waals surface area contributed by atoms with Crippen molar-refractivity contribution in [3.05, 3.63) is 64.1 Å². The van der Waals surface area contributed by atoms with Gasteiger partial charge in [-0.3, -0.25) is 9.59 Å². The molecule has 0 saturated heterocycles. The number of aryl methyl sites for hydroxylation is 1. The molecule has 0 spiro atoms. The topological polar surface area (TPSA) is 97.6 Å². The minimum atomic E-state index is -0.740. The molecule has 0 unspecified atom stereocenters. The first-order chi connectivity index (χ1) is 15.4. The average molecular weight is 470 g/mol. The summed E-state index contributed by atoms with van der Waals surface area (Å²) in [6.07, 6.45) is 0.565. The third-order valence-corrected chi connectivity index (χ3v) is 6.22. The number of benzene rings is 2. The second kappa shape index (κ2) is 9.37. The zero-order valence-electron chi connectivity index (χ0n) is 17.4. The molecule has 2 N–H and O–H groups in total. The van der Waals surface area contributed by atoms with E-state index < -0.39 is 11.8 Å². The Morgan fingerprint density at radius 2 is 1.94 bits per heavy atom. The van der Waals surface area contributed by atoms with E-state index in [4.69, 9.17) is 16.3 Å². The van der Waals surface area contributed by atoms with Crippen molar-refractivity contribution in [1.29, 1.82) is 0 Å². The van der Waals surface area contributed by atoms with Crippen molar-refractivity contribution in [2.75, 3.05) is 19.0 Å². The molecular formula is C22H20ClN5O3S. The van der Waals surface area contributed by atoms with Crippen molar-refractivity contribution < 1.29 is 14.3 Å². The van der Waals surface area contributed by atoms with E-state index in [1.165, 1.54) is 11.3 Å². The van der Waals surface area contributed by atoms with E-state index in [2.05, 4.69) is 20.7 Å². The number of halogens is 1. The summed E-state index contributed by atoms with van der Waals surface area (Å²) < 4.78 is 6.98. The zero-order valence-corrected chi connectivity index (χ0v) is 19.0. The Bertz CT molecular complexity index is 1280. The number of hydrogen-bond acceptors (Lipinski definition) is 6. The molecule has 2 amide bonds. The standard InChI is InChI=1S/C22H20ClN5O3S/c1-13-18(10-11-24-20(29)21(30)25-16-5-3-4-15(23)12-16)32-22-26-19(27-28(13)22)14-6-8-17(31-2)9-7-14/h3-9,12H,10-11H2,1-2H3,(H,24,29)(H,25,30). The number of carbonyl (C=O) groups excluding carboxylic acids is 2. The van der Waals surface area contributed by atoms with Gasteiger partial charge in [-0.25, -0.2) is 4.52 Å². The number of amides is 2. The Morgan fingerprint density at radius 1 is 1.16 bits per heavy atom. The molecule has 32 heavy (non-hydrogen) atoms. The van der Waals surface area contributed by atoms with Crippen LogP contribution >= 0.6 is 22.9 Å². The Balaban J connectivity index is 1.36. The summed E-state index contributed by atoms with van der Waals surface area (Å²) in [4.78, 5) is 30.6. The highest BCUT2D eigenvalue weighted by Crippen LogP contribution is 2.26. The van der Waals surface area contributed by atoms with Gasteiger partial charge in [0.05, 0.1) is 12.8 Å². The van der Waals surface area contributed by atoms with Crippen molar-refractivity contribution in [2.45, 2.75) is 13.3 Å². The molecule has 0 aliphatic heterocycles. The number of nitrogens with zero attached hydrogens (tertiary/aromatic N) is 3. The van der Waals surface area contributed by atoms with Gasteiger partial charge in [0.25, 0.3) is 0 Å². The van der Waals surface area contributed by atoms with Crippen LogP contribution in [0, 0.1) is 6.92 Å². The van der Waals surface area contributed by atoms with Gasteiger partial charge in [0.1, 0.15) is 5.75 Å². The van der Waals surface area contributed by atoms with Gasteiger partial charge in [0.2, 0.25) is 4.96 Å². The molecule has 0 saturated carbocycles. The van der Waals surface area contributed by atoms with Crippen LogP contribution in [0.1, 0.15) is 10.6 Å². The van der Waals surface area contributed by atoms with Gasteiger partial charge >= 0.3 is 11.8 Å². The largest absolute Gasteiger partial charge is 0.497 e. The van der Waals surface area contributed by atoms with Gasteiger partial charge < -0.3 is 15.4 Å². The molecule has 0 radical (unpaired) electrons. The van der Waals surface area contributed by atoms with Crippen LogP contribution in [0.25, 0.3) is 16.3 Å². The van der Waals surface area contributed by atoms with Crippen molar-refractivity contribution in [1.82, 2.24) is 19.9 Å².